The van der Waals surface area contributed by atoms with E-state index in [1.165, 1.54) is 12.1 Å². The fourth-order valence-electron chi connectivity index (χ4n) is 1.77. The van der Waals surface area contributed by atoms with E-state index in [1.54, 1.807) is 11.8 Å². The van der Waals surface area contributed by atoms with Gasteiger partial charge in [0, 0.05) is 18.3 Å². The highest BCUT2D eigenvalue weighted by Crippen LogP contribution is 2.30. The van der Waals surface area contributed by atoms with Gasteiger partial charge in [-0.1, -0.05) is 36.1 Å². The van der Waals surface area contributed by atoms with Gasteiger partial charge in [-0.3, -0.25) is 0 Å². The second-order valence-electron chi connectivity index (χ2n) is 4.18. The molecule has 0 spiro atoms. The molecule has 0 N–H and O–H groups in total. The van der Waals surface area contributed by atoms with Crippen LogP contribution < -0.4 is 0 Å². The van der Waals surface area contributed by atoms with Crippen LogP contribution in [0, 0.1) is 5.82 Å². The molecule has 0 aromatic heterocycles. The van der Waals surface area contributed by atoms with Crippen molar-refractivity contribution in [3.8, 4) is 0 Å². The minimum atomic E-state index is -0.202. The van der Waals surface area contributed by atoms with Crippen LogP contribution in [0.2, 0.25) is 0 Å². The number of nitrogens with zero attached hydrogens (tertiary/aromatic N) is 1. The Hall–Kier alpha value is -0.650. The summed E-state index contributed by atoms with van der Waals surface area (Å²) in [4.78, 5) is 2.17. The predicted octanol–water partition coefficient (Wildman–Crippen LogP) is 3.24. The van der Waals surface area contributed by atoms with Crippen molar-refractivity contribution in [3.05, 3.63) is 35.6 Å². The van der Waals surface area contributed by atoms with Crippen LogP contribution >= 0.6 is 24.0 Å². The van der Waals surface area contributed by atoms with Gasteiger partial charge in [-0.05, 0) is 24.6 Å². The van der Waals surface area contributed by atoms with Crippen LogP contribution in [0.1, 0.15) is 17.7 Å². The summed E-state index contributed by atoms with van der Waals surface area (Å²) in [6.45, 7) is 5.30. The van der Waals surface area contributed by atoms with E-state index in [2.05, 4.69) is 11.8 Å². The molecule has 2 rings (SSSR count). The molecule has 18 heavy (non-hydrogen) atoms. The van der Waals surface area contributed by atoms with Crippen LogP contribution in [0.15, 0.2) is 24.3 Å². The highest BCUT2D eigenvalue weighted by molar-refractivity contribution is 8.23. The molecule has 98 valence electrons. The Kier molecular flexibility index (Phi) is 4.97. The van der Waals surface area contributed by atoms with Crippen molar-refractivity contribution < 1.29 is 9.13 Å². The molecule has 1 aromatic carbocycles. The maximum atomic E-state index is 12.8. The monoisotopic (exact) mass is 285 g/mol. The molecule has 1 fully saturated rings. The highest BCUT2D eigenvalue weighted by Gasteiger charge is 2.17. The second kappa shape index (κ2) is 6.50. The number of hydrogen-bond acceptors (Lipinski definition) is 3. The second-order valence-corrected chi connectivity index (χ2v) is 6.15. The summed E-state index contributed by atoms with van der Waals surface area (Å²) >= 11 is 7.08. The van der Waals surface area contributed by atoms with E-state index >= 15 is 0 Å². The first-order chi connectivity index (χ1) is 8.66. The van der Waals surface area contributed by atoms with Crippen LogP contribution in [-0.2, 0) is 4.74 Å². The highest BCUT2D eigenvalue weighted by atomic mass is 32.2. The standard InChI is InChI=1S/C13H16FNOS2/c1-10(11-2-4-12(14)5-3-11)18-13(17)15-6-8-16-9-7-15/h2-5,10H,6-9H2,1H3. The summed E-state index contributed by atoms with van der Waals surface area (Å²) in [6.07, 6.45) is 0. The molecule has 5 heteroatoms. The Bertz CT molecular complexity index is 404. The van der Waals surface area contributed by atoms with Crippen molar-refractivity contribution >= 4 is 28.3 Å². The van der Waals surface area contributed by atoms with E-state index in [1.807, 2.05) is 12.1 Å². The average Bonchev–Trinajstić information content (AvgIpc) is 2.40. The van der Waals surface area contributed by atoms with Crippen molar-refractivity contribution in [2.24, 2.45) is 0 Å². The fourth-order valence-corrected chi connectivity index (χ4v) is 3.32. The summed E-state index contributed by atoms with van der Waals surface area (Å²) in [5.41, 5.74) is 1.09. The van der Waals surface area contributed by atoms with Gasteiger partial charge in [0.05, 0.1) is 13.2 Å². The lowest BCUT2D eigenvalue weighted by Gasteiger charge is -2.29. The van der Waals surface area contributed by atoms with Crippen molar-refractivity contribution in [1.29, 1.82) is 0 Å². The molecular formula is C13H16FNOS2. The molecular weight excluding hydrogens is 269 g/mol. The number of thioether (sulfide) groups is 1. The van der Waals surface area contributed by atoms with Crippen molar-refractivity contribution in [3.63, 3.8) is 0 Å². The zero-order valence-corrected chi connectivity index (χ0v) is 11.9. The molecule has 1 aromatic rings. The number of morpholine rings is 1. The maximum absolute atomic E-state index is 12.8. The first kappa shape index (κ1) is 13.8. The quantitative estimate of drug-likeness (QED) is 0.773. The Labute approximate surface area is 117 Å². The first-order valence-electron chi connectivity index (χ1n) is 5.95. The number of thiocarbonyl (C=S) groups is 1. The number of halogens is 1. The van der Waals surface area contributed by atoms with Gasteiger partial charge in [-0.15, -0.1) is 0 Å². The molecule has 0 bridgehead atoms. The Morgan fingerprint density at radius 3 is 2.56 bits per heavy atom. The third kappa shape index (κ3) is 3.67. The fraction of sp³-hybridized carbons (Fsp3) is 0.462. The third-order valence-corrected chi connectivity index (χ3v) is 4.52. The van der Waals surface area contributed by atoms with E-state index in [9.17, 15) is 4.39 Å². The summed E-state index contributed by atoms with van der Waals surface area (Å²) in [7, 11) is 0. The van der Waals surface area contributed by atoms with Gasteiger partial charge in [0.25, 0.3) is 0 Å². The molecule has 0 radical (unpaired) electrons. The Morgan fingerprint density at radius 1 is 1.33 bits per heavy atom. The summed E-state index contributed by atoms with van der Waals surface area (Å²) < 4.78 is 19.0. The number of hydrogen-bond donors (Lipinski definition) is 0. The lowest BCUT2D eigenvalue weighted by atomic mass is 10.2. The molecule has 2 nitrogen and oxygen atoms in total. The predicted molar refractivity (Wildman–Crippen MR) is 77.4 cm³/mol. The van der Waals surface area contributed by atoms with Crippen molar-refractivity contribution in [1.82, 2.24) is 4.90 Å². The smallest absolute Gasteiger partial charge is 0.137 e. The normalized spacial score (nSPS) is 17.6. The van der Waals surface area contributed by atoms with Gasteiger partial charge in [-0.2, -0.15) is 0 Å². The largest absolute Gasteiger partial charge is 0.378 e. The van der Waals surface area contributed by atoms with E-state index < -0.39 is 0 Å². The molecule has 1 saturated heterocycles. The van der Waals surface area contributed by atoms with Crippen molar-refractivity contribution in [2.75, 3.05) is 26.3 Å². The van der Waals surface area contributed by atoms with Gasteiger partial charge in [0.2, 0.25) is 0 Å². The van der Waals surface area contributed by atoms with Crippen LogP contribution in [0.5, 0.6) is 0 Å². The Morgan fingerprint density at radius 2 is 1.94 bits per heavy atom. The van der Waals surface area contributed by atoms with E-state index in [4.69, 9.17) is 17.0 Å². The van der Waals surface area contributed by atoms with Crippen LogP contribution in [-0.4, -0.2) is 35.5 Å². The van der Waals surface area contributed by atoms with Gasteiger partial charge in [-0.25, -0.2) is 4.39 Å². The number of benzene rings is 1. The van der Waals surface area contributed by atoms with Crippen molar-refractivity contribution in [2.45, 2.75) is 12.2 Å². The summed E-state index contributed by atoms with van der Waals surface area (Å²) in [5.74, 6) is -0.202. The summed E-state index contributed by atoms with van der Waals surface area (Å²) in [6, 6.07) is 6.61. The molecule has 1 atom stereocenters. The molecule has 0 amide bonds. The zero-order valence-electron chi connectivity index (χ0n) is 10.3. The number of rotatable bonds is 2. The minimum absolute atomic E-state index is 0.202. The van der Waals surface area contributed by atoms with Gasteiger partial charge >= 0.3 is 0 Å². The average molecular weight is 285 g/mol. The third-order valence-electron chi connectivity index (χ3n) is 2.89. The maximum Gasteiger partial charge on any atom is 0.137 e. The van der Waals surface area contributed by atoms with E-state index in [0.29, 0.717) is 0 Å². The van der Waals surface area contributed by atoms with Crippen LogP contribution in [0.4, 0.5) is 4.39 Å². The summed E-state index contributed by atoms with van der Waals surface area (Å²) in [5, 5.41) is 0.237. The molecule has 0 aliphatic carbocycles. The first-order valence-corrected chi connectivity index (χ1v) is 7.24. The molecule has 1 heterocycles. The molecule has 1 aliphatic rings. The molecule has 0 saturated carbocycles. The topological polar surface area (TPSA) is 12.5 Å². The van der Waals surface area contributed by atoms with E-state index in [0.717, 1.165) is 36.2 Å². The van der Waals surface area contributed by atoms with Crippen LogP contribution in [0.25, 0.3) is 0 Å². The van der Waals surface area contributed by atoms with Crippen LogP contribution in [0.3, 0.4) is 0 Å². The number of ether oxygens (including phenoxy) is 1. The molecule has 1 aliphatic heterocycles. The lowest BCUT2D eigenvalue weighted by molar-refractivity contribution is 0.0702. The zero-order chi connectivity index (χ0) is 13.0. The van der Waals surface area contributed by atoms with Gasteiger partial charge in [0.1, 0.15) is 10.1 Å². The SMILES string of the molecule is CC(SC(=S)N1CCOCC1)c1ccc(F)cc1. The van der Waals surface area contributed by atoms with Gasteiger partial charge < -0.3 is 9.64 Å². The van der Waals surface area contributed by atoms with E-state index in [-0.39, 0.29) is 11.1 Å². The van der Waals surface area contributed by atoms with Gasteiger partial charge in [0.15, 0.2) is 0 Å². The Balaban J connectivity index is 1.91. The molecule has 1 unspecified atom stereocenters. The lowest BCUT2D eigenvalue weighted by Crippen LogP contribution is -2.38. The minimum Gasteiger partial charge on any atom is -0.378 e.